The van der Waals surface area contributed by atoms with Crippen LogP contribution in [-0.2, 0) is 9.59 Å². The van der Waals surface area contributed by atoms with E-state index in [2.05, 4.69) is 10.6 Å². The maximum atomic E-state index is 12.3. The van der Waals surface area contributed by atoms with E-state index in [1.165, 1.54) is 13.0 Å². The van der Waals surface area contributed by atoms with Gasteiger partial charge in [-0.3, -0.25) is 9.59 Å². The fourth-order valence-electron chi connectivity index (χ4n) is 2.97. The Morgan fingerprint density at radius 2 is 1.79 bits per heavy atom. The van der Waals surface area contributed by atoms with Gasteiger partial charge in [0.15, 0.2) is 11.5 Å². The summed E-state index contributed by atoms with van der Waals surface area (Å²) in [5.74, 6) is 1.16. The van der Waals surface area contributed by atoms with E-state index in [1.807, 2.05) is 37.3 Å². The first-order valence-corrected chi connectivity index (χ1v) is 9.31. The lowest BCUT2D eigenvalue weighted by atomic mass is 10.0. The smallest absolute Gasteiger partial charge is 0.244 e. The molecule has 1 atom stereocenters. The molecule has 146 valence electrons. The predicted molar refractivity (Wildman–Crippen MR) is 108 cm³/mol. The van der Waals surface area contributed by atoms with Gasteiger partial charge < -0.3 is 20.1 Å². The molecular formula is C22H24N2O4. The number of carbonyl (C=O) groups excluding carboxylic acids is 2. The number of carbonyl (C=O) groups is 2. The summed E-state index contributed by atoms with van der Waals surface area (Å²) in [7, 11) is 0. The minimum atomic E-state index is -0.173. The first-order chi connectivity index (χ1) is 13.5. The van der Waals surface area contributed by atoms with Crippen LogP contribution in [0.4, 0.5) is 5.69 Å². The number of hydrogen-bond acceptors (Lipinski definition) is 4. The van der Waals surface area contributed by atoms with Crippen molar-refractivity contribution in [2.24, 2.45) is 0 Å². The fourth-order valence-corrected chi connectivity index (χ4v) is 2.97. The summed E-state index contributed by atoms with van der Waals surface area (Å²) < 4.78 is 11.2. The van der Waals surface area contributed by atoms with E-state index in [4.69, 9.17) is 9.47 Å². The molecule has 0 saturated heterocycles. The Balaban J connectivity index is 1.62. The van der Waals surface area contributed by atoms with Crippen LogP contribution >= 0.6 is 0 Å². The second-order valence-electron chi connectivity index (χ2n) is 6.51. The molecular weight excluding hydrogens is 356 g/mol. The minimum absolute atomic E-state index is 0.116. The molecule has 2 amide bonds. The van der Waals surface area contributed by atoms with Gasteiger partial charge in [0.2, 0.25) is 11.8 Å². The molecule has 2 aromatic carbocycles. The molecule has 0 spiro atoms. The van der Waals surface area contributed by atoms with Crippen molar-refractivity contribution < 1.29 is 19.1 Å². The topological polar surface area (TPSA) is 76.7 Å². The van der Waals surface area contributed by atoms with E-state index >= 15 is 0 Å². The number of anilines is 1. The molecule has 2 aromatic rings. The molecule has 6 nitrogen and oxygen atoms in total. The molecule has 3 rings (SSSR count). The highest BCUT2D eigenvalue weighted by Crippen LogP contribution is 2.33. The number of amides is 2. The average molecular weight is 380 g/mol. The van der Waals surface area contributed by atoms with Gasteiger partial charge in [0.05, 0.1) is 6.04 Å². The van der Waals surface area contributed by atoms with Crippen molar-refractivity contribution >= 4 is 23.6 Å². The fraction of sp³-hybridized carbons (Fsp3) is 0.273. The molecule has 6 heteroatoms. The Labute approximate surface area is 164 Å². The number of nitrogens with one attached hydrogen (secondary N) is 2. The van der Waals surface area contributed by atoms with Crippen molar-refractivity contribution in [3.63, 3.8) is 0 Å². The summed E-state index contributed by atoms with van der Waals surface area (Å²) in [6.07, 6.45) is 4.00. The maximum Gasteiger partial charge on any atom is 0.244 e. The molecule has 0 radical (unpaired) electrons. The molecule has 1 aliphatic heterocycles. The quantitative estimate of drug-likeness (QED) is 0.749. The van der Waals surface area contributed by atoms with Crippen molar-refractivity contribution in [2.45, 2.75) is 26.3 Å². The van der Waals surface area contributed by atoms with Gasteiger partial charge in [-0.25, -0.2) is 0 Å². The van der Waals surface area contributed by atoms with Crippen LogP contribution in [-0.4, -0.2) is 25.0 Å². The van der Waals surface area contributed by atoms with Crippen molar-refractivity contribution in [3.05, 3.63) is 59.7 Å². The number of ether oxygens (including phenoxy) is 2. The van der Waals surface area contributed by atoms with Crippen LogP contribution in [0, 0.1) is 0 Å². The maximum absolute atomic E-state index is 12.3. The number of hydrogen-bond donors (Lipinski definition) is 2. The van der Waals surface area contributed by atoms with E-state index in [1.54, 1.807) is 18.2 Å². The lowest BCUT2D eigenvalue weighted by molar-refractivity contribution is -0.117. The average Bonchev–Trinajstić information content (AvgIpc) is 2.70. The van der Waals surface area contributed by atoms with Crippen molar-refractivity contribution in [1.82, 2.24) is 5.32 Å². The first-order valence-electron chi connectivity index (χ1n) is 9.31. The highest BCUT2D eigenvalue weighted by Gasteiger charge is 2.16. The molecule has 28 heavy (non-hydrogen) atoms. The molecule has 0 fully saturated rings. The molecule has 0 bridgehead atoms. The van der Waals surface area contributed by atoms with Crippen molar-refractivity contribution in [3.8, 4) is 11.5 Å². The Morgan fingerprint density at radius 1 is 1.07 bits per heavy atom. The zero-order chi connectivity index (χ0) is 19.9. The lowest BCUT2D eigenvalue weighted by Crippen LogP contribution is -2.26. The molecule has 1 aliphatic rings. The van der Waals surface area contributed by atoms with E-state index in [-0.39, 0.29) is 17.9 Å². The molecule has 1 unspecified atom stereocenters. The standard InChI is InChI=1S/C22H24N2O4/c1-3-19(17-7-10-20-21(14-17)28-13-12-27-20)24-22(26)11-6-16-4-8-18(9-5-16)23-15(2)25/h4-11,14,19H,3,12-13H2,1-2H3,(H,23,25)(H,24,26)/b11-6+. The molecule has 0 saturated carbocycles. The van der Waals surface area contributed by atoms with Crippen LogP contribution in [0.15, 0.2) is 48.5 Å². The lowest BCUT2D eigenvalue weighted by Gasteiger charge is -2.22. The Kier molecular flexibility index (Phi) is 6.32. The monoisotopic (exact) mass is 380 g/mol. The Bertz CT molecular complexity index is 875. The largest absolute Gasteiger partial charge is 0.486 e. The Morgan fingerprint density at radius 3 is 2.46 bits per heavy atom. The highest BCUT2D eigenvalue weighted by atomic mass is 16.6. The summed E-state index contributed by atoms with van der Waals surface area (Å²) in [6.45, 7) is 4.57. The minimum Gasteiger partial charge on any atom is -0.486 e. The van der Waals surface area contributed by atoms with Crippen molar-refractivity contribution in [1.29, 1.82) is 0 Å². The summed E-state index contributed by atoms with van der Waals surface area (Å²) in [5.41, 5.74) is 2.57. The van der Waals surface area contributed by atoms with Gasteiger partial charge in [-0.2, -0.15) is 0 Å². The van der Waals surface area contributed by atoms with E-state index < -0.39 is 0 Å². The summed E-state index contributed by atoms with van der Waals surface area (Å²) in [4.78, 5) is 23.4. The van der Waals surface area contributed by atoms with Gasteiger partial charge in [-0.15, -0.1) is 0 Å². The highest BCUT2D eigenvalue weighted by molar-refractivity contribution is 5.92. The van der Waals surface area contributed by atoms with Crippen LogP contribution in [0.3, 0.4) is 0 Å². The van der Waals surface area contributed by atoms with Gasteiger partial charge >= 0.3 is 0 Å². The third kappa shape index (κ3) is 5.13. The molecule has 0 aliphatic carbocycles. The summed E-state index contributed by atoms with van der Waals surface area (Å²) >= 11 is 0. The number of rotatable bonds is 6. The predicted octanol–water partition coefficient (Wildman–Crippen LogP) is 3.70. The van der Waals surface area contributed by atoms with Gasteiger partial charge in [-0.1, -0.05) is 25.1 Å². The van der Waals surface area contributed by atoms with Crippen LogP contribution in [0.5, 0.6) is 11.5 Å². The second-order valence-corrected chi connectivity index (χ2v) is 6.51. The second kappa shape index (κ2) is 9.08. The molecule has 1 heterocycles. The summed E-state index contributed by atoms with van der Waals surface area (Å²) in [5, 5.41) is 5.73. The van der Waals surface area contributed by atoms with Gasteiger partial charge in [0.25, 0.3) is 0 Å². The third-order valence-electron chi connectivity index (χ3n) is 4.35. The van der Waals surface area contributed by atoms with Gasteiger partial charge in [0.1, 0.15) is 13.2 Å². The zero-order valence-electron chi connectivity index (χ0n) is 16.0. The van der Waals surface area contributed by atoms with Crippen LogP contribution in [0.2, 0.25) is 0 Å². The van der Waals surface area contributed by atoms with Crippen LogP contribution < -0.4 is 20.1 Å². The third-order valence-corrected chi connectivity index (χ3v) is 4.35. The zero-order valence-corrected chi connectivity index (χ0v) is 16.0. The number of benzene rings is 2. The van der Waals surface area contributed by atoms with Crippen LogP contribution in [0.1, 0.15) is 37.4 Å². The van der Waals surface area contributed by atoms with Gasteiger partial charge in [0, 0.05) is 18.7 Å². The van der Waals surface area contributed by atoms with E-state index in [0.29, 0.717) is 19.0 Å². The Hall–Kier alpha value is -3.28. The van der Waals surface area contributed by atoms with E-state index in [9.17, 15) is 9.59 Å². The first kappa shape index (κ1) is 19.5. The van der Waals surface area contributed by atoms with Crippen LogP contribution in [0.25, 0.3) is 6.08 Å². The summed E-state index contributed by atoms with van der Waals surface area (Å²) in [6, 6.07) is 12.9. The molecule has 2 N–H and O–H groups in total. The van der Waals surface area contributed by atoms with Gasteiger partial charge in [-0.05, 0) is 47.9 Å². The van der Waals surface area contributed by atoms with Crippen molar-refractivity contribution in [2.75, 3.05) is 18.5 Å². The van der Waals surface area contributed by atoms with E-state index in [0.717, 1.165) is 29.0 Å². The number of fused-ring (bicyclic) bond motifs is 1. The normalized spacial score (nSPS) is 13.8. The SMILES string of the molecule is CCC(NC(=O)/C=C/c1ccc(NC(C)=O)cc1)c1ccc2c(c1)OCCO2. The molecule has 0 aromatic heterocycles.